The van der Waals surface area contributed by atoms with E-state index in [0.717, 1.165) is 110 Å². The number of likely N-dealkylation sites (tertiary alicyclic amines) is 1. The molecule has 5 heterocycles. The van der Waals surface area contributed by atoms with Crippen LogP contribution in [0.5, 0.6) is 0 Å². The van der Waals surface area contributed by atoms with Gasteiger partial charge >= 0.3 is 0 Å². The Morgan fingerprint density at radius 3 is 2.61 bits per heavy atom. The molecule has 9 nitrogen and oxygen atoms in total. The first-order valence-corrected chi connectivity index (χ1v) is 17.1. The minimum absolute atomic E-state index is 0.00209. The van der Waals surface area contributed by atoms with Crippen molar-refractivity contribution >= 4 is 23.2 Å². The molecular formula is C31H56ClN7O2. The zero-order valence-electron chi connectivity index (χ0n) is 25.6. The second-order valence-corrected chi connectivity index (χ2v) is 14.0. The molecule has 4 fully saturated rings. The fourth-order valence-electron chi connectivity index (χ4n) is 8.65. The van der Waals surface area contributed by atoms with E-state index in [0.29, 0.717) is 18.6 Å². The predicted molar refractivity (Wildman–Crippen MR) is 166 cm³/mol. The second-order valence-electron chi connectivity index (χ2n) is 13.4. The van der Waals surface area contributed by atoms with Crippen LogP contribution >= 0.6 is 11.6 Å². The first-order valence-electron chi connectivity index (χ1n) is 16.7. The van der Waals surface area contributed by atoms with Gasteiger partial charge in [0.05, 0.1) is 30.9 Å². The molecule has 0 aromatic heterocycles. The number of aliphatic imine (C=N–C) groups is 1. The lowest BCUT2D eigenvalue weighted by Crippen LogP contribution is -2.64. The van der Waals surface area contributed by atoms with Crippen molar-refractivity contribution < 1.29 is 9.53 Å². The molecule has 0 aliphatic carbocycles. The van der Waals surface area contributed by atoms with Gasteiger partial charge in [0, 0.05) is 56.6 Å². The van der Waals surface area contributed by atoms with Gasteiger partial charge in [-0.05, 0) is 69.7 Å². The molecule has 0 aromatic carbocycles. The largest absolute Gasteiger partial charge is 0.366 e. The summed E-state index contributed by atoms with van der Waals surface area (Å²) < 4.78 is 5.73. The number of amides is 1. The second kappa shape index (κ2) is 14.8. The summed E-state index contributed by atoms with van der Waals surface area (Å²) in [5, 5.41) is 10.8. The van der Waals surface area contributed by atoms with E-state index in [-0.39, 0.29) is 28.8 Å². The number of nitrogens with one attached hydrogen (secondary N) is 3. The van der Waals surface area contributed by atoms with Gasteiger partial charge in [-0.1, -0.05) is 26.7 Å². The van der Waals surface area contributed by atoms with E-state index >= 15 is 0 Å². The molecule has 0 saturated carbocycles. The maximum absolute atomic E-state index is 14.2. The molecule has 0 radical (unpaired) electrons. The standard InChI is InChI=1S/C31H56ClN7O2/c1-3-11-31(12-4-2)18-24-28(29(33)37-27(31)7-6-22(32)19-35-24)30(40)36-25-20-34-13-8-26(25)38-15-9-23(10-16-38)39-14-5-17-41-21-39/h22-23,25-29,34,37H,3-21,33H2,1-2H3,(H,36,40). The van der Waals surface area contributed by atoms with Crippen molar-refractivity contribution in [2.75, 3.05) is 52.6 Å². The van der Waals surface area contributed by atoms with Crippen molar-refractivity contribution in [1.82, 2.24) is 25.8 Å². The summed E-state index contributed by atoms with van der Waals surface area (Å²) in [4.78, 5) is 24.4. The van der Waals surface area contributed by atoms with Gasteiger partial charge in [-0.15, -0.1) is 11.6 Å². The Morgan fingerprint density at radius 1 is 1.12 bits per heavy atom. The van der Waals surface area contributed by atoms with Crippen molar-refractivity contribution in [2.24, 2.45) is 22.1 Å². The molecule has 5 aliphatic heterocycles. The number of ether oxygens (including phenoxy) is 1. The van der Waals surface area contributed by atoms with Gasteiger partial charge in [-0.25, -0.2) is 0 Å². The smallest absolute Gasteiger partial charge is 0.232 e. The topological polar surface area (TPSA) is 107 Å². The van der Waals surface area contributed by atoms with E-state index in [2.05, 4.69) is 39.6 Å². The molecule has 41 heavy (non-hydrogen) atoms. The summed E-state index contributed by atoms with van der Waals surface area (Å²) in [6.45, 7) is 11.9. The van der Waals surface area contributed by atoms with Crippen LogP contribution in [0.25, 0.3) is 0 Å². The number of nitrogens with two attached hydrogens (primary N) is 1. The molecule has 5 aliphatic rings. The molecule has 6 unspecified atom stereocenters. The fourth-order valence-corrected chi connectivity index (χ4v) is 8.85. The molecule has 5 rings (SSSR count). The lowest BCUT2D eigenvalue weighted by Gasteiger charge is -2.46. The molecule has 0 aromatic rings. The lowest BCUT2D eigenvalue weighted by atomic mass is 9.68. The quantitative estimate of drug-likeness (QED) is 0.321. The van der Waals surface area contributed by atoms with Crippen molar-refractivity contribution in [3.8, 4) is 0 Å². The third kappa shape index (κ3) is 7.47. The fraction of sp³-hybridized carbons (Fsp3) is 0.935. The van der Waals surface area contributed by atoms with Gasteiger partial charge in [-0.3, -0.25) is 24.9 Å². The van der Waals surface area contributed by atoms with Gasteiger partial charge < -0.3 is 21.1 Å². The Morgan fingerprint density at radius 2 is 1.90 bits per heavy atom. The van der Waals surface area contributed by atoms with Crippen LogP contribution in [-0.2, 0) is 9.53 Å². The Bertz CT molecular complexity index is 871. The predicted octanol–water partition coefficient (Wildman–Crippen LogP) is 2.67. The van der Waals surface area contributed by atoms with E-state index < -0.39 is 12.1 Å². The van der Waals surface area contributed by atoms with Crippen LogP contribution in [0.2, 0.25) is 0 Å². The third-order valence-electron chi connectivity index (χ3n) is 10.7. The zero-order chi connectivity index (χ0) is 28.8. The summed E-state index contributed by atoms with van der Waals surface area (Å²) in [6, 6.07) is 1.25. The van der Waals surface area contributed by atoms with Gasteiger partial charge in [-0.2, -0.15) is 0 Å². The van der Waals surface area contributed by atoms with Gasteiger partial charge in [0.1, 0.15) is 5.92 Å². The molecule has 5 N–H and O–H groups in total. The van der Waals surface area contributed by atoms with E-state index in [1.54, 1.807) is 0 Å². The average Bonchev–Trinajstić information content (AvgIpc) is 3.05. The Labute approximate surface area is 253 Å². The number of hydrogen-bond donors (Lipinski definition) is 4. The van der Waals surface area contributed by atoms with Crippen molar-refractivity contribution in [3.63, 3.8) is 0 Å². The van der Waals surface area contributed by atoms with Crippen LogP contribution in [0, 0.1) is 11.3 Å². The number of fused-ring (bicyclic) bond motifs is 3. The maximum atomic E-state index is 14.2. The summed E-state index contributed by atoms with van der Waals surface area (Å²) in [5.41, 5.74) is 7.91. The lowest BCUT2D eigenvalue weighted by molar-refractivity contribution is -0.125. The van der Waals surface area contributed by atoms with Crippen molar-refractivity contribution in [2.45, 2.75) is 120 Å². The van der Waals surface area contributed by atoms with Crippen LogP contribution in [0.4, 0.5) is 0 Å². The number of carbonyl (C=O) groups excluding carboxylic acids is 1. The van der Waals surface area contributed by atoms with Crippen LogP contribution in [-0.4, -0.2) is 110 Å². The van der Waals surface area contributed by atoms with Crippen molar-refractivity contribution in [1.29, 1.82) is 0 Å². The van der Waals surface area contributed by atoms with E-state index in [1.165, 1.54) is 12.8 Å². The first-order chi connectivity index (χ1) is 19.9. The number of rotatable bonds is 8. The molecule has 10 heteroatoms. The molecular weight excluding hydrogens is 538 g/mol. The van der Waals surface area contributed by atoms with E-state index in [9.17, 15) is 4.79 Å². The summed E-state index contributed by atoms with van der Waals surface area (Å²) in [5.74, 6) is -0.445. The van der Waals surface area contributed by atoms with E-state index in [4.69, 9.17) is 27.1 Å². The molecule has 6 atom stereocenters. The normalized spacial score (nSPS) is 36.0. The van der Waals surface area contributed by atoms with Crippen LogP contribution in [0.15, 0.2) is 4.99 Å². The number of carbonyl (C=O) groups is 1. The number of nitrogens with zero attached hydrogens (tertiary/aromatic N) is 3. The van der Waals surface area contributed by atoms with Crippen molar-refractivity contribution in [3.05, 3.63) is 0 Å². The molecule has 1 amide bonds. The number of hydrogen-bond acceptors (Lipinski definition) is 8. The summed E-state index contributed by atoms with van der Waals surface area (Å²) >= 11 is 6.72. The average molecular weight is 594 g/mol. The van der Waals surface area contributed by atoms with E-state index in [1.807, 2.05) is 0 Å². The van der Waals surface area contributed by atoms with Gasteiger partial charge in [0.15, 0.2) is 0 Å². The van der Waals surface area contributed by atoms with Crippen LogP contribution in [0.3, 0.4) is 0 Å². The highest BCUT2D eigenvalue weighted by Gasteiger charge is 2.48. The Kier molecular flexibility index (Phi) is 11.4. The number of halogens is 1. The molecule has 2 bridgehead atoms. The highest BCUT2D eigenvalue weighted by Crippen LogP contribution is 2.44. The Balaban J connectivity index is 1.30. The molecule has 4 saturated heterocycles. The highest BCUT2D eigenvalue weighted by atomic mass is 35.5. The van der Waals surface area contributed by atoms with Crippen LogP contribution in [0.1, 0.15) is 84.5 Å². The van der Waals surface area contributed by atoms with Gasteiger partial charge in [0.25, 0.3) is 0 Å². The molecule has 0 spiro atoms. The minimum Gasteiger partial charge on any atom is -0.366 e. The number of piperidine rings is 2. The SMILES string of the molecule is CCCC1(CCC)CC2=NCC(Cl)CCC1NC(N)C2C(=O)NC1CNCCC1N1CCC(N2CCCOC2)CC1. The van der Waals surface area contributed by atoms with Crippen LogP contribution < -0.4 is 21.7 Å². The monoisotopic (exact) mass is 593 g/mol. The summed E-state index contributed by atoms with van der Waals surface area (Å²) in [6.07, 6.45) is 11.2. The van der Waals surface area contributed by atoms with Gasteiger partial charge in [0.2, 0.25) is 5.91 Å². The third-order valence-corrected chi connectivity index (χ3v) is 11.0. The minimum atomic E-state index is -0.470. The molecule has 234 valence electrons. The first kappa shape index (κ1) is 31.6. The number of alkyl halides is 1. The summed E-state index contributed by atoms with van der Waals surface area (Å²) in [7, 11) is 0. The maximum Gasteiger partial charge on any atom is 0.232 e. The Hall–Kier alpha value is -0.810. The zero-order valence-corrected chi connectivity index (χ0v) is 26.3. The highest BCUT2D eigenvalue weighted by molar-refractivity contribution is 6.21.